The molecule has 0 bridgehead atoms. The Balaban J connectivity index is 1.63. The number of anilines is 1. The van der Waals surface area contributed by atoms with Crippen LogP contribution in [-0.4, -0.2) is 36.4 Å². The van der Waals surface area contributed by atoms with Gasteiger partial charge in [-0.3, -0.25) is 0 Å². The van der Waals surface area contributed by atoms with E-state index in [1.165, 1.54) is 24.5 Å². The maximum Gasteiger partial charge on any atom is 0.125 e. The summed E-state index contributed by atoms with van der Waals surface area (Å²) >= 11 is 0. The summed E-state index contributed by atoms with van der Waals surface area (Å²) in [6, 6.07) is 5.63. The van der Waals surface area contributed by atoms with Gasteiger partial charge in [0, 0.05) is 30.4 Å². The highest BCUT2D eigenvalue weighted by Crippen LogP contribution is 2.30. The van der Waals surface area contributed by atoms with Crippen LogP contribution in [0.1, 0.15) is 31.7 Å². The number of nitrogens with zero attached hydrogens (tertiary/aromatic N) is 1. The molecule has 20 heavy (non-hydrogen) atoms. The zero-order valence-electron chi connectivity index (χ0n) is 12.0. The lowest BCUT2D eigenvalue weighted by atomic mass is 9.98. The summed E-state index contributed by atoms with van der Waals surface area (Å²) in [6.45, 7) is 4.03. The van der Waals surface area contributed by atoms with Gasteiger partial charge in [-0.05, 0) is 50.3 Å². The molecule has 1 aliphatic carbocycles. The summed E-state index contributed by atoms with van der Waals surface area (Å²) < 4.78 is 13.4. The molecule has 0 aromatic heterocycles. The number of aliphatic hydroxyl groups is 1. The minimum Gasteiger partial charge on any atom is -0.394 e. The van der Waals surface area contributed by atoms with Crippen LogP contribution in [0.3, 0.4) is 0 Å². The topological polar surface area (TPSA) is 35.5 Å². The van der Waals surface area contributed by atoms with Gasteiger partial charge in [-0.2, -0.15) is 0 Å². The zero-order chi connectivity index (χ0) is 14.2. The van der Waals surface area contributed by atoms with Crippen molar-refractivity contribution in [2.75, 3.05) is 24.6 Å². The third-order valence-electron chi connectivity index (χ3n) is 4.45. The van der Waals surface area contributed by atoms with Gasteiger partial charge in [0.15, 0.2) is 0 Å². The fraction of sp³-hybridized carbons (Fsp3) is 0.625. The van der Waals surface area contributed by atoms with E-state index in [0.717, 1.165) is 31.6 Å². The Hall–Kier alpha value is -1.13. The van der Waals surface area contributed by atoms with E-state index >= 15 is 0 Å². The minimum absolute atomic E-state index is 0.146. The van der Waals surface area contributed by atoms with Crippen LogP contribution in [0.25, 0.3) is 0 Å². The lowest BCUT2D eigenvalue weighted by Gasteiger charge is -2.32. The molecule has 1 aromatic carbocycles. The summed E-state index contributed by atoms with van der Waals surface area (Å²) in [6.07, 6.45) is 4.29. The van der Waals surface area contributed by atoms with Crippen LogP contribution in [0, 0.1) is 5.82 Å². The number of aliphatic hydroxyl groups excluding tert-OH is 1. The number of nitrogens with one attached hydrogen (secondary N) is 1. The maximum atomic E-state index is 13.4. The van der Waals surface area contributed by atoms with E-state index in [4.69, 9.17) is 0 Å². The third kappa shape index (κ3) is 2.96. The molecule has 0 spiro atoms. The Morgan fingerprint density at radius 2 is 2.25 bits per heavy atom. The van der Waals surface area contributed by atoms with E-state index in [0.29, 0.717) is 6.04 Å². The summed E-state index contributed by atoms with van der Waals surface area (Å²) in [4.78, 5) is 2.24. The SMILES string of the molecule is CC(CO)(CCN1CCc2ccc(F)cc21)NC1CC1. The summed E-state index contributed by atoms with van der Waals surface area (Å²) in [5.74, 6) is -0.170. The summed E-state index contributed by atoms with van der Waals surface area (Å²) in [5.41, 5.74) is 2.03. The minimum atomic E-state index is -0.225. The first-order valence-corrected chi connectivity index (χ1v) is 7.52. The normalized spacial score (nSPS) is 20.9. The van der Waals surface area contributed by atoms with E-state index in [-0.39, 0.29) is 18.0 Å². The average Bonchev–Trinajstić information content (AvgIpc) is 3.15. The molecule has 0 radical (unpaired) electrons. The molecule has 110 valence electrons. The molecule has 0 amide bonds. The molecule has 1 aliphatic heterocycles. The van der Waals surface area contributed by atoms with Crippen molar-refractivity contribution in [1.29, 1.82) is 0 Å². The summed E-state index contributed by atoms with van der Waals surface area (Å²) in [7, 11) is 0. The second kappa shape index (κ2) is 5.34. The molecule has 3 rings (SSSR count). The van der Waals surface area contributed by atoms with Crippen molar-refractivity contribution in [2.45, 2.75) is 44.2 Å². The van der Waals surface area contributed by atoms with E-state index in [1.54, 1.807) is 6.07 Å². The fourth-order valence-electron chi connectivity index (χ4n) is 2.95. The quantitative estimate of drug-likeness (QED) is 0.836. The molecule has 1 saturated carbocycles. The van der Waals surface area contributed by atoms with Crippen molar-refractivity contribution in [3.8, 4) is 0 Å². The highest BCUT2D eigenvalue weighted by atomic mass is 19.1. The van der Waals surface area contributed by atoms with E-state index in [1.807, 2.05) is 6.07 Å². The molecule has 1 heterocycles. The third-order valence-corrected chi connectivity index (χ3v) is 4.45. The molecule has 1 atom stereocenters. The zero-order valence-corrected chi connectivity index (χ0v) is 12.0. The first kappa shape index (κ1) is 13.8. The lowest BCUT2D eigenvalue weighted by Crippen LogP contribution is -2.49. The number of benzene rings is 1. The van der Waals surface area contributed by atoms with E-state index in [9.17, 15) is 9.50 Å². The first-order valence-electron chi connectivity index (χ1n) is 7.52. The second-order valence-electron chi connectivity index (χ2n) is 6.40. The van der Waals surface area contributed by atoms with Crippen molar-refractivity contribution in [2.24, 2.45) is 0 Å². The van der Waals surface area contributed by atoms with Gasteiger partial charge in [0.05, 0.1) is 6.61 Å². The van der Waals surface area contributed by atoms with Crippen molar-refractivity contribution >= 4 is 5.69 Å². The Morgan fingerprint density at radius 1 is 1.45 bits per heavy atom. The monoisotopic (exact) mass is 278 g/mol. The standard InChI is InChI=1S/C16H23FN2O/c1-16(11-20,18-14-4-5-14)7-9-19-8-6-12-2-3-13(17)10-15(12)19/h2-3,10,14,18,20H,4-9,11H2,1H3. The number of hydrogen-bond acceptors (Lipinski definition) is 3. The predicted molar refractivity (Wildman–Crippen MR) is 78.6 cm³/mol. The highest BCUT2D eigenvalue weighted by molar-refractivity contribution is 5.58. The van der Waals surface area contributed by atoms with Crippen LogP contribution >= 0.6 is 0 Å². The van der Waals surface area contributed by atoms with Crippen LogP contribution in [0.15, 0.2) is 18.2 Å². The van der Waals surface area contributed by atoms with Crippen LogP contribution in [0.5, 0.6) is 0 Å². The van der Waals surface area contributed by atoms with Gasteiger partial charge >= 0.3 is 0 Å². The van der Waals surface area contributed by atoms with Gasteiger partial charge in [0.1, 0.15) is 5.82 Å². The largest absolute Gasteiger partial charge is 0.394 e. The lowest BCUT2D eigenvalue weighted by molar-refractivity contribution is 0.165. The first-order chi connectivity index (χ1) is 9.59. The average molecular weight is 278 g/mol. The predicted octanol–water partition coefficient (Wildman–Crippen LogP) is 2.08. The van der Waals surface area contributed by atoms with Crippen molar-refractivity contribution in [3.05, 3.63) is 29.6 Å². The Kier molecular flexibility index (Phi) is 3.69. The Bertz CT molecular complexity index is 489. The molecular weight excluding hydrogens is 255 g/mol. The molecule has 1 fully saturated rings. The van der Waals surface area contributed by atoms with Crippen LogP contribution < -0.4 is 10.2 Å². The van der Waals surface area contributed by atoms with Crippen LogP contribution in [-0.2, 0) is 6.42 Å². The van der Waals surface area contributed by atoms with Gasteiger partial charge in [0.2, 0.25) is 0 Å². The van der Waals surface area contributed by atoms with Crippen molar-refractivity contribution in [3.63, 3.8) is 0 Å². The molecule has 2 N–H and O–H groups in total. The molecule has 0 saturated heterocycles. The van der Waals surface area contributed by atoms with Crippen LogP contribution in [0.4, 0.5) is 10.1 Å². The highest BCUT2D eigenvalue weighted by Gasteiger charge is 2.32. The van der Waals surface area contributed by atoms with Gasteiger partial charge in [-0.25, -0.2) is 4.39 Å². The number of halogens is 1. The van der Waals surface area contributed by atoms with Crippen molar-refractivity contribution < 1.29 is 9.50 Å². The number of fused-ring (bicyclic) bond motifs is 1. The molecule has 1 unspecified atom stereocenters. The van der Waals surface area contributed by atoms with Gasteiger partial charge in [-0.15, -0.1) is 0 Å². The molecule has 3 nitrogen and oxygen atoms in total. The smallest absolute Gasteiger partial charge is 0.125 e. The molecule has 4 heteroatoms. The Labute approximate surface area is 119 Å². The number of rotatable bonds is 6. The fourth-order valence-corrected chi connectivity index (χ4v) is 2.95. The van der Waals surface area contributed by atoms with E-state index in [2.05, 4.69) is 17.1 Å². The Morgan fingerprint density at radius 3 is 2.95 bits per heavy atom. The number of hydrogen-bond donors (Lipinski definition) is 2. The molecule has 2 aliphatic rings. The second-order valence-corrected chi connectivity index (χ2v) is 6.40. The van der Waals surface area contributed by atoms with Crippen LogP contribution in [0.2, 0.25) is 0 Å². The van der Waals surface area contributed by atoms with Gasteiger partial charge in [0.25, 0.3) is 0 Å². The summed E-state index contributed by atoms with van der Waals surface area (Å²) in [5, 5.41) is 13.2. The maximum absolute atomic E-state index is 13.4. The van der Waals surface area contributed by atoms with Crippen molar-refractivity contribution in [1.82, 2.24) is 5.32 Å². The van der Waals surface area contributed by atoms with Gasteiger partial charge < -0.3 is 15.3 Å². The van der Waals surface area contributed by atoms with E-state index < -0.39 is 0 Å². The van der Waals surface area contributed by atoms with Gasteiger partial charge in [-0.1, -0.05) is 6.07 Å². The molecule has 1 aromatic rings. The molecular formula is C16H23FN2O.